The van der Waals surface area contributed by atoms with Gasteiger partial charge in [0.2, 0.25) is 11.8 Å². The summed E-state index contributed by atoms with van der Waals surface area (Å²) in [5, 5.41) is 4.02. The van der Waals surface area contributed by atoms with Crippen molar-refractivity contribution in [2.24, 2.45) is 0 Å². The van der Waals surface area contributed by atoms with Crippen molar-refractivity contribution in [3.63, 3.8) is 0 Å². The van der Waals surface area contributed by atoms with E-state index in [4.69, 9.17) is 4.52 Å². The van der Waals surface area contributed by atoms with Crippen LogP contribution in [0, 0.1) is 0 Å². The number of pyridine rings is 1. The van der Waals surface area contributed by atoms with Crippen LogP contribution in [0.1, 0.15) is 24.8 Å². The monoisotopic (exact) mass is 315 g/mol. The number of carbonyl (C=O) groups excluding carboxylic acids is 1. The van der Waals surface area contributed by atoms with Gasteiger partial charge in [0.05, 0.1) is 6.42 Å². The van der Waals surface area contributed by atoms with Crippen LogP contribution in [0.5, 0.6) is 0 Å². The standard InChI is InChI=1S/C16H21N5O2/c1-2-14-18-16(19-23-14)21-8-4-7-20(9-10-21)15(22)11-13-5-3-6-17-12-13/h3,5-6,12H,2,4,7-11H2,1H3. The number of anilines is 1. The zero-order valence-corrected chi connectivity index (χ0v) is 13.3. The first-order chi connectivity index (χ1) is 11.3. The highest BCUT2D eigenvalue weighted by Crippen LogP contribution is 2.14. The summed E-state index contributed by atoms with van der Waals surface area (Å²) in [7, 11) is 0. The van der Waals surface area contributed by atoms with Gasteiger partial charge in [-0.05, 0) is 23.2 Å². The molecule has 1 aliphatic rings. The summed E-state index contributed by atoms with van der Waals surface area (Å²) < 4.78 is 5.17. The van der Waals surface area contributed by atoms with E-state index >= 15 is 0 Å². The van der Waals surface area contributed by atoms with Gasteiger partial charge in [-0.25, -0.2) is 0 Å². The van der Waals surface area contributed by atoms with E-state index in [0.717, 1.165) is 38.0 Å². The van der Waals surface area contributed by atoms with Crippen molar-refractivity contribution in [2.75, 3.05) is 31.1 Å². The van der Waals surface area contributed by atoms with Crippen LogP contribution in [-0.2, 0) is 17.6 Å². The Morgan fingerprint density at radius 2 is 2.22 bits per heavy atom. The Kier molecular flexibility index (Phi) is 4.85. The molecule has 0 radical (unpaired) electrons. The Labute approximate surface area is 135 Å². The lowest BCUT2D eigenvalue weighted by molar-refractivity contribution is -0.130. The summed E-state index contributed by atoms with van der Waals surface area (Å²) in [6, 6.07) is 3.79. The minimum Gasteiger partial charge on any atom is -0.341 e. The summed E-state index contributed by atoms with van der Waals surface area (Å²) in [6.07, 6.45) is 5.49. The fourth-order valence-electron chi connectivity index (χ4n) is 2.67. The molecule has 1 amide bonds. The average Bonchev–Trinajstić information content (AvgIpc) is 2.92. The largest absolute Gasteiger partial charge is 0.341 e. The van der Waals surface area contributed by atoms with E-state index in [9.17, 15) is 4.79 Å². The molecule has 0 spiro atoms. The molecule has 0 aliphatic carbocycles. The van der Waals surface area contributed by atoms with Crippen molar-refractivity contribution in [1.82, 2.24) is 20.0 Å². The number of hydrogen-bond acceptors (Lipinski definition) is 6. The Bertz CT molecular complexity index is 643. The number of nitrogens with zero attached hydrogens (tertiary/aromatic N) is 5. The van der Waals surface area contributed by atoms with Crippen molar-refractivity contribution < 1.29 is 9.32 Å². The Balaban J connectivity index is 1.58. The molecule has 1 saturated heterocycles. The lowest BCUT2D eigenvalue weighted by Gasteiger charge is -2.21. The van der Waals surface area contributed by atoms with Crippen LogP contribution in [0.3, 0.4) is 0 Å². The van der Waals surface area contributed by atoms with Crippen LogP contribution < -0.4 is 4.90 Å². The van der Waals surface area contributed by atoms with Crippen molar-refractivity contribution in [2.45, 2.75) is 26.2 Å². The molecule has 7 nitrogen and oxygen atoms in total. The molecule has 0 atom stereocenters. The lowest BCUT2D eigenvalue weighted by atomic mass is 10.2. The van der Waals surface area contributed by atoms with Gasteiger partial charge in [-0.3, -0.25) is 9.78 Å². The number of aromatic nitrogens is 3. The van der Waals surface area contributed by atoms with Crippen LogP contribution in [0.4, 0.5) is 5.95 Å². The maximum absolute atomic E-state index is 12.4. The van der Waals surface area contributed by atoms with Crippen LogP contribution in [0.2, 0.25) is 0 Å². The molecule has 0 bridgehead atoms. The molecule has 3 heterocycles. The molecule has 1 aliphatic heterocycles. The first-order valence-corrected chi connectivity index (χ1v) is 8.00. The predicted octanol–water partition coefficient (Wildman–Crippen LogP) is 1.31. The first kappa shape index (κ1) is 15.5. The summed E-state index contributed by atoms with van der Waals surface area (Å²) in [5.74, 6) is 1.42. The predicted molar refractivity (Wildman–Crippen MR) is 85.0 cm³/mol. The van der Waals surface area contributed by atoms with Crippen LogP contribution in [-0.4, -0.2) is 52.1 Å². The minimum atomic E-state index is 0.141. The van der Waals surface area contributed by atoms with Gasteiger partial charge in [-0.2, -0.15) is 4.98 Å². The summed E-state index contributed by atoms with van der Waals surface area (Å²) in [4.78, 5) is 24.9. The van der Waals surface area contributed by atoms with Gasteiger partial charge in [0.1, 0.15) is 0 Å². The Morgan fingerprint density at radius 1 is 1.30 bits per heavy atom. The average molecular weight is 315 g/mol. The maximum atomic E-state index is 12.4. The molecule has 0 unspecified atom stereocenters. The van der Waals surface area contributed by atoms with Crippen molar-refractivity contribution in [1.29, 1.82) is 0 Å². The summed E-state index contributed by atoms with van der Waals surface area (Å²) in [5.41, 5.74) is 0.948. The number of hydrogen-bond donors (Lipinski definition) is 0. The van der Waals surface area contributed by atoms with E-state index in [2.05, 4.69) is 20.0 Å². The van der Waals surface area contributed by atoms with Gasteiger partial charge < -0.3 is 14.3 Å². The zero-order valence-electron chi connectivity index (χ0n) is 13.3. The number of aryl methyl sites for hydroxylation is 1. The molecule has 0 aromatic carbocycles. The Morgan fingerprint density at radius 3 is 2.96 bits per heavy atom. The molecule has 0 saturated carbocycles. The van der Waals surface area contributed by atoms with E-state index in [1.165, 1.54) is 0 Å². The second-order valence-electron chi connectivity index (χ2n) is 5.60. The maximum Gasteiger partial charge on any atom is 0.266 e. The van der Waals surface area contributed by atoms with Crippen molar-refractivity contribution in [3.05, 3.63) is 36.0 Å². The highest BCUT2D eigenvalue weighted by Gasteiger charge is 2.21. The second-order valence-corrected chi connectivity index (χ2v) is 5.60. The Hall–Kier alpha value is -2.44. The molecule has 7 heteroatoms. The van der Waals surface area contributed by atoms with Gasteiger partial charge in [-0.1, -0.05) is 13.0 Å². The lowest BCUT2D eigenvalue weighted by Crippen LogP contribution is -2.36. The van der Waals surface area contributed by atoms with E-state index in [1.54, 1.807) is 12.4 Å². The van der Waals surface area contributed by atoms with Crippen LogP contribution in [0.25, 0.3) is 0 Å². The number of amides is 1. The molecule has 3 rings (SSSR count). The molecule has 1 fully saturated rings. The van der Waals surface area contributed by atoms with E-state index in [1.807, 2.05) is 24.0 Å². The first-order valence-electron chi connectivity index (χ1n) is 8.00. The van der Waals surface area contributed by atoms with Crippen LogP contribution >= 0.6 is 0 Å². The van der Waals surface area contributed by atoms with Gasteiger partial charge in [0, 0.05) is 45.0 Å². The number of rotatable bonds is 4. The molecular weight excluding hydrogens is 294 g/mol. The third-order valence-corrected chi connectivity index (χ3v) is 3.97. The van der Waals surface area contributed by atoms with E-state index in [0.29, 0.717) is 24.8 Å². The van der Waals surface area contributed by atoms with Gasteiger partial charge >= 0.3 is 0 Å². The summed E-state index contributed by atoms with van der Waals surface area (Å²) in [6.45, 7) is 4.97. The molecule has 2 aromatic heterocycles. The zero-order chi connectivity index (χ0) is 16.1. The van der Waals surface area contributed by atoms with E-state index < -0.39 is 0 Å². The third-order valence-electron chi connectivity index (χ3n) is 3.97. The normalized spacial score (nSPS) is 15.5. The van der Waals surface area contributed by atoms with Gasteiger partial charge in [-0.15, -0.1) is 0 Å². The second kappa shape index (κ2) is 7.21. The minimum absolute atomic E-state index is 0.141. The molecule has 2 aromatic rings. The van der Waals surface area contributed by atoms with E-state index in [-0.39, 0.29) is 5.91 Å². The quantitative estimate of drug-likeness (QED) is 0.847. The highest BCUT2D eigenvalue weighted by atomic mass is 16.5. The fourth-order valence-corrected chi connectivity index (χ4v) is 2.67. The topological polar surface area (TPSA) is 75.4 Å². The molecule has 0 N–H and O–H groups in total. The van der Waals surface area contributed by atoms with Gasteiger partial charge in [0.15, 0.2) is 0 Å². The highest BCUT2D eigenvalue weighted by molar-refractivity contribution is 5.78. The third kappa shape index (κ3) is 3.85. The molecule has 122 valence electrons. The number of carbonyl (C=O) groups is 1. The molecule has 23 heavy (non-hydrogen) atoms. The van der Waals surface area contributed by atoms with Crippen molar-refractivity contribution in [3.8, 4) is 0 Å². The summed E-state index contributed by atoms with van der Waals surface area (Å²) >= 11 is 0. The smallest absolute Gasteiger partial charge is 0.266 e. The SMILES string of the molecule is CCc1nc(N2CCCN(C(=O)Cc3cccnc3)CC2)no1. The fraction of sp³-hybridized carbons (Fsp3) is 0.500. The van der Waals surface area contributed by atoms with Crippen molar-refractivity contribution >= 4 is 11.9 Å². The molecular formula is C16H21N5O2. The van der Waals surface area contributed by atoms with Crippen LogP contribution in [0.15, 0.2) is 29.0 Å². The van der Waals surface area contributed by atoms with Gasteiger partial charge in [0.25, 0.3) is 5.95 Å².